The first-order valence-electron chi connectivity index (χ1n) is 8.99. The van der Waals surface area contributed by atoms with Gasteiger partial charge in [0.1, 0.15) is 39.6 Å². The van der Waals surface area contributed by atoms with Crippen molar-refractivity contribution in [3.05, 3.63) is 54.0 Å². The molecule has 4 heterocycles. The number of fused-ring (bicyclic) bond motifs is 1. The number of anilines is 2. The molecule has 3 aromatic rings. The van der Waals surface area contributed by atoms with Gasteiger partial charge in [-0.3, -0.25) is 9.98 Å². The topological polar surface area (TPSA) is 123 Å². The second-order valence-electron chi connectivity index (χ2n) is 7.31. The van der Waals surface area contributed by atoms with Crippen molar-refractivity contribution in [1.29, 1.82) is 0 Å². The minimum absolute atomic E-state index is 0.0378. The molecular formula is C19H18F2N6O2S. The van der Waals surface area contributed by atoms with Gasteiger partial charge in [-0.15, -0.1) is 0 Å². The number of hydrogen-bond acceptors (Lipinski definition) is 8. The zero-order valence-corrected chi connectivity index (χ0v) is 16.9. The molecule has 0 saturated heterocycles. The molecule has 156 valence electrons. The highest BCUT2D eigenvalue weighted by Crippen LogP contribution is 2.35. The average Bonchev–Trinajstić information content (AvgIpc) is 2.67. The predicted molar refractivity (Wildman–Crippen MR) is 109 cm³/mol. The number of nitrogens with zero attached hydrogens (tertiary/aromatic N) is 4. The van der Waals surface area contributed by atoms with Crippen molar-refractivity contribution in [3.8, 4) is 0 Å². The summed E-state index contributed by atoms with van der Waals surface area (Å²) in [5.74, 6) is -1.45. The fraction of sp³-hybridized carbons (Fsp3) is 0.263. The van der Waals surface area contributed by atoms with Crippen LogP contribution in [0.1, 0.15) is 19.4 Å². The first-order valence-corrected chi connectivity index (χ1v) is 10.7. The van der Waals surface area contributed by atoms with E-state index in [4.69, 9.17) is 5.73 Å². The Labute approximate surface area is 171 Å². The van der Waals surface area contributed by atoms with Crippen LogP contribution in [0.25, 0.3) is 11.0 Å². The molecule has 0 aromatic carbocycles. The Balaban J connectivity index is 1.77. The van der Waals surface area contributed by atoms with E-state index in [9.17, 15) is 17.2 Å². The van der Waals surface area contributed by atoms with Crippen LogP contribution in [0.15, 0.2) is 41.8 Å². The molecule has 0 amide bonds. The quantitative estimate of drug-likeness (QED) is 0.651. The maximum atomic E-state index is 14.7. The summed E-state index contributed by atoms with van der Waals surface area (Å²) in [5, 5.41) is 2.07. The second-order valence-corrected chi connectivity index (χ2v) is 9.64. The van der Waals surface area contributed by atoms with Crippen LogP contribution in [0, 0.1) is 11.6 Å². The zero-order chi connectivity index (χ0) is 21.7. The minimum Gasteiger partial charge on any atom is -0.386 e. The number of aromatic nitrogens is 3. The number of halogens is 2. The summed E-state index contributed by atoms with van der Waals surface area (Å²) in [7, 11) is -3.60. The maximum Gasteiger partial charge on any atom is 0.162 e. The predicted octanol–water partition coefficient (Wildman–Crippen LogP) is 2.44. The molecule has 1 unspecified atom stereocenters. The molecule has 0 fully saturated rings. The maximum absolute atomic E-state index is 14.7. The summed E-state index contributed by atoms with van der Waals surface area (Å²) in [4.78, 5) is 16.4. The average molecular weight is 432 g/mol. The van der Waals surface area contributed by atoms with Crippen LogP contribution < -0.4 is 11.1 Å². The van der Waals surface area contributed by atoms with Crippen molar-refractivity contribution in [1.82, 2.24) is 15.0 Å². The zero-order valence-electron chi connectivity index (χ0n) is 16.1. The smallest absolute Gasteiger partial charge is 0.162 e. The molecule has 0 saturated carbocycles. The lowest BCUT2D eigenvalue weighted by atomic mass is 9.94. The van der Waals surface area contributed by atoms with Crippen molar-refractivity contribution >= 4 is 38.2 Å². The van der Waals surface area contributed by atoms with Gasteiger partial charge in [0.25, 0.3) is 0 Å². The number of nitrogens with two attached hydrogens (primary N) is 1. The van der Waals surface area contributed by atoms with Gasteiger partial charge in [0, 0.05) is 17.8 Å². The highest BCUT2D eigenvalue weighted by molar-refractivity contribution is 7.92. The van der Waals surface area contributed by atoms with Crippen LogP contribution in [-0.2, 0) is 15.4 Å². The summed E-state index contributed by atoms with van der Waals surface area (Å²) in [6.45, 7) is 2.96. The Bertz CT molecular complexity index is 1300. The molecule has 11 heteroatoms. The molecule has 30 heavy (non-hydrogen) atoms. The first-order chi connectivity index (χ1) is 14.1. The normalized spacial score (nSPS) is 23.2. The fourth-order valence-corrected chi connectivity index (χ4v) is 5.09. The van der Waals surface area contributed by atoms with Crippen molar-refractivity contribution < 1.29 is 17.2 Å². The monoisotopic (exact) mass is 432 g/mol. The molecule has 0 radical (unpaired) electrons. The van der Waals surface area contributed by atoms with E-state index in [1.165, 1.54) is 32.2 Å². The number of amidine groups is 1. The van der Waals surface area contributed by atoms with Crippen LogP contribution in [0.4, 0.5) is 20.3 Å². The molecule has 4 rings (SSSR count). The van der Waals surface area contributed by atoms with Crippen LogP contribution in [0.2, 0.25) is 0 Å². The number of rotatable bonds is 3. The highest BCUT2D eigenvalue weighted by atomic mass is 32.2. The Hall–Kier alpha value is -3.21. The van der Waals surface area contributed by atoms with Crippen molar-refractivity contribution in [2.45, 2.75) is 24.6 Å². The lowest BCUT2D eigenvalue weighted by Crippen LogP contribution is -2.47. The third kappa shape index (κ3) is 3.45. The largest absolute Gasteiger partial charge is 0.386 e. The molecule has 0 aliphatic carbocycles. The van der Waals surface area contributed by atoms with Gasteiger partial charge in [-0.05, 0) is 26.0 Å². The van der Waals surface area contributed by atoms with Crippen LogP contribution in [0.3, 0.4) is 0 Å². The summed E-state index contributed by atoms with van der Waals surface area (Å²) in [6, 6.07) is 4.24. The first kappa shape index (κ1) is 20.1. The Morgan fingerprint density at radius 1 is 1.20 bits per heavy atom. The lowest BCUT2D eigenvalue weighted by molar-refractivity contribution is 0.484. The van der Waals surface area contributed by atoms with Gasteiger partial charge in [-0.1, -0.05) is 0 Å². The number of pyridine rings is 3. The Morgan fingerprint density at radius 3 is 2.70 bits per heavy atom. The summed E-state index contributed by atoms with van der Waals surface area (Å²) >= 11 is 0. The highest BCUT2D eigenvalue weighted by Gasteiger charge is 2.43. The molecule has 0 spiro atoms. The van der Waals surface area contributed by atoms with Crippen LogP contribution >= 0.6 is 0 Å². The van der Waals surface area contributed by atoms with Gasteiger partial charge in [0.2, 0.25) is 0 Å². The van der Waals surface area contributed by atoms with E-state index in [1.54, 1.807) is 6.07 Å². The second kappa shape index (κ2) is 6.94. The Kier molecular flexibility index (Phi) is 4.64. The van der Waals surface area contributed by atoms with Gasteiger partial charge in [-0.2, -0.15) is 0 Å². The SMILES string of the molecule is CC1C(N)=N[C@](C)(c2cc(Nc3ccnc4cc(F)cnc34)ncc2F)CS1(=O)=O. The summed E-state index contributed by atoms with van der Waals surface area (Å²) < 4.78 is 53.0. The van der Waals surface area contributed by atoms with Gasteiger partial charge in [-0.25, -0.2) is 27.2 Å². The van der Waals surface area contributed by atoms with Crippen molar-refractivity contribution in [2.75, 3.05) is 11.1 Å². The molecular weight excluding hydrogens is 414 g/mol. The number of hydrogen-bond donors (Lipinski definition) is 2. The van der Waals surface area contributed by atoms with Crippen LogP contribution in [0.5, 0.6) is 0 Å². The Morgan fingerprint density at radius 2 is 1.97 bits per heavy atom. The molecule has 2 atom stereocenters. The lowest BCUT2D eigenvalue weighted by Gasteiger charge is -2.33. The summed E-state index contributed by atoms with van der Waals surface area (Å²) in [6.07, 6.45) is 3.51. The van der Waals surface area contributed by atoms with E-state index in [-0.39, 0.29) is 23.0 Å². The third-order valence-corrected chi connectivity index (χ3v) is 7.34. The van der Waals surface area contributed by atoms with Crippen molar-refractivity contribution in [2.24, 2.45) is 10.7 Å². The van der Waals surface area contributed by atoms with E-state index >= 15 is 0 Å². The van der Waals surface area contributed by atoms with E-state index in [1.807, 2.05) is 0 Å². The fourth-order valence-electron chi connectivity index (χ4n) is 3.41. The molecule has 8 nitrogen and oxygen atoms in total. The van der Waals surface area contributed by atoms with E-state index < -0.39 is 32.3 Å². The van der Waals surface area contributed by atoms with E-state index in [2.05, 4.69) is 25.3 Å². The van der Waals surface area contributed by atoms with Crippen molar-refractivity contribution in [3.63, 3.8) is 0 Å². The van der Waals surface area contributed by atoms with Gasteiger partial charge in [0.15, 0.2) is 9.84 Å². The van der Waals surface area contributed by atoms with Gasteiger partial charge < -0.3 is 11.1 Å². The van der Waals surface area contributed by atoms with Gasteiger partial charge in [0.05, 0.1) is 29.4 Å². The number of nitrogens with one attached hydrogen (secondary N) is 1. The molecule has 1 aliphatic rings. The minimum atomic E-state index is -3.60. The van der Waals surface area contributed by atoms with Gasteiger partial charge >= 0.3 is 0 Å². The van der Waals surface area contributed by atoms with E-state index in [0.717, 1.165) is 12.4 Å². The molecule has 1 aliphatic heterocycles. The van der Waals surface area contributed by atoms with Crippen LogP contribution in [-0.4, -0.2) is 40.2 Å². The molecule has 0 bridgehead atoms. The van der Waals surface area contributed by atoms with E-state index in [0.29, 0.717) is 16.7 Å². The summed E-state index contributed by atoms with van der Waals surface area (Å²) in [5.41, 5.74) is 5.66. The standard InChI is InChI=1S/C19H18F2N6O2S/c1-10-18(22)27-19(2,9-30(10,28)29)12-6-16(24-8-13(12)21)26-14-3-4-23-15-5-11(20)7-25-17(14)15/h3-8,10H,9H2,1-2H3,(H2,22,27)(H,23,24,26)/t10?,19-/m0/s1. The third-order valence-electron chi connectivity index (χ3n) is 5.06. The molecule has 3 aromatic heterocycles. The molecule has 3 N–H and O–H groups in total. The number of aliphatic imine (C=N–C) groups is 1. The number of sulfone groups is 1.